The summed E-state index contributed by atoms with van der Waals surface area (Å²) in [5, 5.41) is 5.73. The van der Waals surface area contributed by atoms with E-state index in [0.717, 1.165) is 18.4 Å². The van der Waals surface area contributed by atoms with E-state index in [0.29, 0.717) is 41.3 Å². The van der Waals surface area contributed by atoms with Crippen molar-refractivity contribution in [2.75, 3.05) is 19.0 Å². The Labute approximate surface area is 177 Å². The second-order valence-corrected chi connectivity index (χ2v) is 7.76. The van der Waals surface area contributed by atoms with Crippen molar-refractivity contribution in [3.63, 3.8) is 0 Å². The number of hydrogen-bond donors (Lipinski definition) is 2. The third kappa shape index (κ3) is 6.37. The molecule has 0 aliphatic heterocycles. The standard InChI is InChI=1S/C24H28N2O4/c1-16(2)15-30-21-12-4-17(14-22(21)29-3)5-13-23(27)25-19-8-6-18(7-9-19)24(28)26-20-10-11-20/h4-9,12-14,16,20H,10-11,15H2,1-3H3,(H,25,27)(H,26,28)/b13-5+. The molecule has 1 aliphatic rings. The van der Waals surface area contributed by atoms with Crippen molar-refractivity contribution in [1.82, 2.24) is 5.32 Å². The zero-order valence-corrected chi connectivity index (χ0v) is 17.6. The lowest BCUT2D eigenvalue weighted by molar-refractivity contribution is -0.111. The Bertz CT molecular complexity index is 915. The van der Waals surface area contributed by atoms with Gasteiger partial charge in [-0.05, 0) is 66.8 Å². The second-order valence-electron chi connectivity index (χ2n) is 7.76. The van der Waals surface area contributed by atoms with E-state index in [-0.39, 0.29) is 11.8 Å². The van der Waals surface area contributed by atoms with Crippen LogP contribution in [-0.2, 0) is 4.79 Å². The Balaban J connectivity index is 1.56. The van der Waals surface area contributed by atoms with Gasteiger partial charge in [0.25, 0.3) is 5.91 Å². The molecule has 0 unspecified atom stereocenters. The summed E-state index contributed by atoms with van der Waals surface area (Å²) in [5.41, 5.74) is 2.04. The minimum atomic E-state index is -0.260. The molecule has 0 atom stereocenters. The Morgan fingerprint density at radius 2 is 1.83 bits per heavy atom. The van der Waals surface area contributed by atoms with Crippen molar-refractivity contribution in [2.24, 2.45) is 5.92 Å². The van der Waals surface area contributed by atoms with Gasteiger partial charge in [-0.25, -0.2) is 0 Å². The summed E-state index contributed by atoms with van der Waals surface area (Å²) in [6, 6.07) is 12.7. The molecule has 6 nitrogen and oxygen atoms in total. The molecule has 2 amide bonds. The quantitative estimate of drug-likeness (QED) is 0.608. The van der Waals surface area contributed by atoms with Gasteiger partial charge in [0.1, 0.15) is 0 Å². The summed E-state index contributed by atoms with van der Waals surface area (Å²) in [4.78, 5) is 24.2. The maximum atomic E-state index is 12.2. The van der Waals surface area contributed by atoms with Crippen LogP contribution in [0.5, 0.6) is 11.5 Å². The van der Waals surface area contributed by atoms with E-state index in [4.69, 9.17) is 9.47 Å². The molecule has 158 valence electrons. The van der Waals surface area contributed by atoms with Gasteiger partial charge >= 0.3 is 0 Å². The smallest absolute Gasteiger partial charge is 0.251 e. The maximum absolute atomic E-state index is 12.2. The molecule has 30 heavy (non-hydrogen) atoms. The fraction of sp³-hybridized carbons (Fsp3) is 0.333. The Kier molecular flexibility index (Phi) is 7.12. The van der Waals surface area contributed by atoms with E-state index < -0.39 is 0 Å². The number of hydrogen-bond acceptors (Lipinski definition) is 4. The van der Waals surface area contributed by atoms with Gasteiger partial charge in [-0.2, -0.15) is 0 Å². The van der Waals surface area contributed by atoms with Gasteiger partial charge < -0.3 is 20.1 Å². The molecule has 1 saturated carbocycles. The lowest BCUT2D eigenvalue weighted by Gasteiger charge is -2.12. The highest BCUT2D eigenvalue weighted by Gasteiger charge is 2.23. The zero-order chi connectivity index (χ0) is 21.5. The average molecular weight is 408 g/mol. The molecule has 6 heteroatoms. The van der Waals surface area contributed by atoms with E-state index in [1.165, 1.54) is 6.08 Å². The van der Waals surface area contributed by atoms with Crippen LogP contribution < -0.4 is 20.1 Å². The van der Waals surface area contributed by atoms with E-state index in [9.17, 15) is 9.59 Å². The number of rotatable bonds is 9. The van der Waals surface area contributed by atoms with Crippen LogP contribution in [0.3, 0.4) is 0 Å². The van der Waals surface area contributed by atoms with E-state index in [1.54, 1.807) is 37.5 Å². The van der Waals surface area contributed by atoms with Crippen LogP contribution >= 0.6 is 0 Å². The summed E-state index contributed by atoms with van der Waals surface area (Å²) in [7, 11) is 1.59. The third-order valence-electron chi connectivity index (χ3n) is 4.51. The van der Waals surface area contributed by atoms with E-state index in [2.05, 4.69) is 24.5 Å². The van der Waals surface area contributed by atoms with Crippen molar-refractivity contribution in [3.05, 3.63) is 59.7 Å². The molecule has 0 spiro atoms. The summed E-state index contributed by atoms with van der Waals surface area (Å²) >= 11 is 0. The summed E-state index contributed by atoms with van der Waals surface area (Å²) in [6.45, 7) is 4.77. The molecule has 3 rings (SSSR count). The third-order valence-corrected chi connectivity index (χ3v) is 4.51. The Morgan fingerprint density at radius 3 is 2.47 bits per heavy atom. The molecule has 2 aromatic rings. The van der Waals surface area contributed by atoms with Gasteiger partial charge in [-0.1, -0.05) is 19.9 Å². The normalized spacial score (nSPS) is 13.3. The van der Waals surface area contributed by atoms with Crippen molar-refractivity contribution in [3.8, 4) is 11.5 Å². The Morgan fingerprint density at radius 1 is 1.10 bits per heavy atom. The number of methoxy groups -OCH3 is 1. The second kappa shape index (κ2) is 9.96. The lowest BCUT2D eigenvalue weighted by Crippen LogP contribution is -2.25. The molecule has 1 aliphatic carbocycles. The van der Waals surface area contributed by atoms with E-state index >= 15 is 0 Å². The minimum Gasteiger partial charge on any atom is -0.493 e. The lowest BCUT2D eigenvalue weighted by atomic mass is 10.1. The fourth-order valence-corrected chi connectivity index (χ4v) is 2.72. The zero-order valence-electron chi connectivity index (χ0n) is 17.6. The van der Waals surface area contributed by atoms with Crippen molar-refractivity contribution < 1.29 is 19.1 Å². The van der Waals surface area contributed by atoms with Gasteiger partial charge in [-0.15, -0.1) is 0 Å². The molecule has 0 radical (unpaired) electrons. The first-order valence-electron chi connectivity index (χ1n) is 10.2. The van der Waals surface area contributed by atoms with Crippen molar-refractivity contribution >= 4 is 23.6 Å². The van der Waals surface area contributed by atoms with Gasteiger partial charge in [-0.3, -0.25) is 9.59 Å². The average Bonchev–Trinajstić information content (AvgIpc) is 3.55. The van der Waals surface area contributed by atoms with Crippen LogP contribution in [0.25, 0.3) is 6.08 Å². The first kappa shape index (κ1) is 21.4. The summed E-state index contributed by atoms with van der Waals surface area (Å²) in [5.74, 6) is 1.38. The van der Waals surface area contributed by atoms with Crippen molar-refractivity contribution in [2.45, 2.75) is 32.7 Å². The number of carbonyl (C=O) groups excluding carboxylic acids is 2. The largest absolute Gasteiger partial charge is 0.493 e. The number of ether oxygens (including phenoxy) is 2. The van der Waals surface area contributed by atoms with Crippen LogP contribution in [0.2, 0.25) is 0 Å². The highest BCUT2D eigenvalue weighted by Crippen LogP contribution is 2.29. The van der Waals surface area contributed by atoms with Crippen LogP contribution in [0.1, 0.15) is 42.6 Å². The molecule has 2 N–H and O–H groups in total. The topological polar surface area (TPSA) is 76.7 Å². The molecule has 2 aromatic carbocycles. The predicted molar refractivity (Wildman–Crippen MR) is 118 cm³/mol. The van der Waals surface area contributed by atoms with E-state index in [1.807, 2.05) is 18.2 Å². The van der Waals surface area contributed by atoms with Gasteiger partial charge in [0.15, 0.2) is 11.5 Å². The minimum absolute atomic E-state index is 0.0787. The highest BCUT2D eigenvalue weighted by molar-refractivity contribution is 6.02. The molecule has 0 heterocycles. The highest BCUT2D eigenvalue weighted by atomic mass is 16.5. The molecule has 0 saturated heterocycles. The number of amides is 2. The fourth-order valence-electron chi connectivity index (χ4n) is 2.72. The monoisotopic (exact) mass is 408 g/mol. The predicted octanol–water partition coefficient (Wildman–Crippen LogP) is 4.27. The maximum Gasteiger partial charge on any atom is 0.251 e. The van der Waals surface area contributed by atoms with Gasteiger partial charge in [0, 0.05) is 23.4 Å². The molecular formula is C24H28N2O4. The van der Waals surface area contributed by atoms with Crippen LogP contribution in [-0.4, -0.2) is 31.6 Å². The van der Waals surface area contributed by atoms with Crippen LogP contribution in [0, 0.1) is 5.92 Å². The van der Waals surface area contributed by atoms with Crippen molar-refractivity contribution in [1.29, 1.82) is 0 Å². The first-order chi connectivity index (χ1) is 14.4. The van der Waals surface area contributed by atoms with Gasteiger partial charge in [0.2, 0.25) is 5.91 Å². The molecule has 1 fully saturated rings. The summed E-state index contributed by atoms with van der Waals surface area (Å²) < 4.78 is 11.1. The number of nitrogens with one attached hydrogen (secondary N) is 2. The number of carbonyl (C=O) groups is 2. The SMILES string of the molecule is COc1cc(/C=C/C(=O)Nc2ccc(C(=O)NC3CC3)cc2)ccc1OCC(C)C. The van der Waals surface area contributed by atoms with Crippen LogP contribution in [0.15, 0.2) is 48.5 Å². The number of anilines is 1. The number of benzene rings is 2. The Hall–Kier alpha value is -3.28. The molecule has 0 aromatic heterocycles. The van der Waals surface area contributed by atoms with Crippen LogP contribution in [0.4, 0.5) is 5.69 Å². The molecular weight excluding hydrogens is 380 g/mol. The van der Waals surface area contributed by atoms with Gasteiger partial charge in [0.05, 0.1) is 13.7 Å². The molecule has 0 bridgehead atoms. The summed E-state index contributed by atoms with van der Waals surface area (Å²) in [6.07, 6.45) is 5.26. The first-order valence-corrected chi connectivity index (χ1v) is 10.2.